The Hall–Kier alpha value is -2.05. The lowest BCUT2D eigenvalue weighted by Crippen LogP contribution is -2.30. The van der Waals surface area contributed by atoms with Gasteiger partial charge in [0.2, 0.25) is 5.91 Å². The van der Waals surface area contributed by atoms with Crippen molar-refractivity contribution in [2.24, 2.45) is 0 Å². The molecule has 0 bridgehead atoms. The Morgan fingerprint density at radius 2 is 1.96 bits per heavy atom. The van der Waals surface area contributed by atoms with Crippen molar-refractivity contribution in [3.63, 3.8) is 0 Å². The number of amides is 1. The normalized spacial score (nSPS) is 11.8. The molecule has 2 rings (SSSR count). The van der Waals surface area contributed by atoms with E-state index >= 15 is 0 Å². The minimum Gasteiger partial charge on any atom is -0.497 e. The highest BCUT2D eigenvalue weighted by molar-refractivity contribution is 8.00. The predicted molar refractivity (Wildman–Crippen MR) is 92.9 cm³/mol. The molecular formula is C18H20FNO3S. The number of ether oxygens (including phenoxy) is 2. The zero-order valence-electron chi connectivity index (χ0n) is 13.6. The molecule has 0 heterocycles. The molecule has 0 saturated heterocycles. The van der Waals surface area contributed by atoms with Gasteiger partial charge in [-0.3, -0.25) is 4.79 Å². The monoisotopic (exact) mass is 349 g/mol. The summed E-state index contributed by atoms with van der Waals surface area (Å²) in [4.78, 5) is 12.8. The van der Waals surface area contributed by atoms with Gasteiger partial charge >= 0.3 is 0 Å². The minimum atomic E-state index is -0.287. The lowest BCUT2D eigenvalue weighted by atomic mass is 10.1. The van der Waals surface area contributed by atoms with E-state index in [-0.39, 0.29) is 23.6 Å². The molecule has 1 atom stereocenters. The molecule has 4 nitrogen and oxygen atoms in total. The maximum Gasteiger partial charge on any atom is 0.230 e. The number of rotatable bonds is 8. The van der Waals surface area contributed by atoms with E-state index in [0.717, 1.165) is 16.2 Å². The van der Waals surface area contributed by atoms with E-state index in [1.54, 1.807) is 26.4 Å². The van der Waals surface area contributed by atoms with Crippen molar-refractivity contribution in [2.45, 2.75) is 11.0 Å². The first kappa shape index (κ1) is 18.3. The first-order valence-electron chi connectivity index (χ1n) is 7.44. The summed E-state index contributed by atoms with van der Waals surface area (Å²) in [7, 11) is 3.21. The standard InChI is InChI=1S/C18H20FNO3S/c1-22-15-5-3-4-13(10-15)17(23-2)11-20-18(21)12-24-16-8-6-14(19)7-9-16/h3-10,17H,11-12H2,1-2H3,(H,20,21). The first-order valence-corrected chi connectivity index (χ1v) is 8.42. The summed E-state index contributed by atoms with van der Waals surface area (Å²) in [6, 6.07) is 13.6. The van der Waals surface area contributed by atoms with E-state index in [1.807, 2.05) is 24.3 Å². The lowest BCUT2D eigenvalue weighted by Gasteiger charge is -2.17. The molecule has 1 N–H and O–H groups in total. The summed E-state index contributed by atoms with van der Waals surface area (Å²) < 4.78 is 23.5. The summed E-state index contributed by atoms with van der Waals surface area (Å²) in [5.41, 5.74) is 0.934. The third-order valence-electron chi connectivity index (χ3n) is 3.42. The van der Waals surface area contributed by atoms with Crippen molar-refractivity contribution in [1.29, 1.82) is 0 Å². The van der Waals surface area contributed by atoms with Crippen LogP contribution in [0, 0.1) is 5.82 Å². The van der Waals surface area contributed by atoms with E-state index in [4.69, 9.17) is 9.47 Å². The lowest BCUT2D eigenvalue weighted by molar-refractivity contribution is -0.119. The van der Waals surface area contributed by atoms with Crippen LogP contribution in [0.15, 0.2) is 53.4 Å². The number of benzene rings is 2. The van der Waals surface area contributed by atoms with Crippen LogP contribution in [0.1, 0.15) is 11.7 Å². The fourth-order valence-corrected chi connectivity index (χ4v) is 2.84. The number of hydrogen-bond acceptors (Lipinski definition) is 4. The Labute approximate surface area is 145 Å². The quantitative estimate of drug-likeness (QED) is 0.742. The minimum absolute atomic E-state index is 0.103. The highest BCUT2D eigenvalue weighted by Crippen LogP contribution is 2.21. The van der Waals surface area contributed by atoms with Gasteiger partial charge in [0.25, 0.3) is 0 Å². The van der Waals surface area contributed by atoms with E-state index in [1.165, 1.54) is 23.9 Å². The Morgan fingerprint density at radius 1 is 1.21 bits per heavy atom. The highest BCUT2D eigenvalue weighted by Gasteiger charge is 2.13. The molecule has 2 aromatic carbocycles. The Balaban J connectivity index is 1.83. The molecule has 0 saturated carbocycles. The van der Waals surface area contributed by atoms with E-state index in [0.29, 0.717) is 6.54 Å². The molecule has 0 radical (unpaired) electrons. The molecule has 24 heavy (non-hydrogen) atoms. The maximum atomic E-state index is 12.8. The van der Waals surface area contributed by atoms with Crippen LogP contribution in [-0.4, -0.2) is 32.4 Å². The summed E-state index contributed by atoms with van der Waals surface area (Å²) in [6.45, 7) is 0.368. The van der Waals surface area contributed by atoms with Crippen LogP contribution >= 0.6 is 11.8 Å². The molecule has 6 heteroatoms. The summed E-state index contributed by atoms with van der Waals surface area (Å²) >= 11 is 1.36. The molecule has 0 aliphatic heterocycles. The van der Waals surface area contributed by atoms with Crippen molar-refractivity contribution in [3.05, 3.63) is 59.9 Å². The van der Waals surface area contributed by atoms with E-state index in [9.17, 15) is 9.18 Å². The average Bonchev–Trinajstić information content (AvgIpc) is 2.62. The summed E-state index contributed by atoms with van der Waals surface area (Å²) in [6.07, 6.45) is -0.250. The Kier molecular flexibility index (Phi) is 7.08. The van der Waals surface area contributed by atoms with Gasteiger partial charge in [-0.05, 0) is 42.0 Å². The largest absolute Gasteiger partial charge is 0.497 e. The van der Waals surface area contributed by atoms with Crippen molar-refractivity contribution >= 4 is 17.7 Å². The molecule has 1 unspecified atom stereocenters. The van der Waals surface area contributed by atoms with Crippen molar-refractivity contribution in [1.82, 2.24) is 5.32 Å². The van der Waals surface area contributed by atoms with Gasteiger partial charge in [0.15, 0.2) is 0 Å². The number of hydrogen-bond donors (Lipinski definition) is 1. The Bertz CT molecular complexity index is 664. The molecule has 0 aromatic heterocycles. The van der Waals surface area contributed by atoms with E-state index in [2.05, 4.69) is 5.32 Å². The van der Waals surface area contributed by atoms with Crippen molar-refractivity contribution < 1.29 is 18.7 Å². The SMILES string of the molecule is COc1cccc(C(CNC(=O)CSc2ccc(F)cc2)OC)c1. The van der Waals surface area contributed by atoms with Gasteiger partial charge in [0.05, 0.1) is 19.0 Å². The average molecular weight is 349 g/mol. The van der Waals surface area contributed by atoms with E-state index < -0.39 is 0 Å². The maximum absolute atomic E-state index is 12.8. The summed E-state index contributed by atoms with van der Waals surface area (Å²) in [5, 5.41) is 2.85. The predicted octanol–water partition coefficient (Wildman–Crippen LogP) is 3.43. The Morgan fingerprint density at radius 3 is 2.62 bits per heavy atom. The number of carbonyl (C=O) groups excluding carboxylic acids is 1. The van der Waals surface area contributed by atoms with Gasteiger partial charge in [-0.15, -0.1) is 11.8 Å². The molecule has 0 spiro atoms. The van der Waals surface area contributed by atoms with Crippen LogP contribution in [0.2, 0.25) is 0 Å². The molecular weight excluding hydrogens is 329 g/mol. The van der Waals surface area contributed by atoms with Gasteiger partial charge < -0.3 is 14.8 Å². The van der Waals surface area contributed by atoms with Crippen molar-refractivity contribution in [3.8, 4) is 5.75 Å². The fourth-order valence-electron chi connectivity index (χ4n) is 2.12. The second-order valence-corrected chi connectivity index (χ2v) is 6.10. The van der Waals surface area contributed by atoms with Gasteiger partial charge in [0, 0.05) is 18.6 Å². The topological polar surface area (TPSA) is 47.6 Å². The third kappa shape index (κ3) is 5.54. The number of nitrogens with one attached hydrogen (secondary N) is 1. The highest BCUT2D eigenvalue weighted by atomic mass is 32.2. The zero-order valence-corrected chi connectivity index (χ0v) is 14.4. The van der Waals surface area contributed by atoms with Gasteiger partial charge in [-0.25, -0.2) is 4.39 Å². The molecule has 128 valence electrons. The van der Waals surface area contributed by atoms with Crippen LogP contribution in [0.3, 0.4) is 0 Å². The molecule has 0 aliphatic rings. The smallest absolute Gasteiger partial charge is 0.230 e. The molecule has 0 aliphatic carbocycles. The van der Waals surface area contributed by atoms with Crippen LogP contribution < -0.4 is 10.1 Å². The van der Waals surface area contributed by atoms with Crippen LogP contribution in [-0.2, 0) is 9.53 Å². The third-order valence-corrected chi connectivity index (χ3v) is 4.43. The second kappa shape index (κ2) is 9.30. The van der Waals surface area contributed by atoms with Crippen LogP contribution in [0.5, 0.6) is 5.75 Å². The molecule has 1 amide bonds. The van der Waals surface area contributed by atoms with Crippen LogP contribution in [0.25, 0.3) is 0 Å². The second-order valence-electron chi connectivity index (χ2n) is 5.05. The molecule has 0 fully saturated rings. The number of carbonyl (C=O) groups is 1. The fraction of sp³-hybridized carbons (Fsp3) is 0.278. The van der Waals surface area contributed by atoms with Gasteiger partial charge in [-0.2, -0.15) is 0 Å². The van der Waals surface area contributed by atoms with Crippen molar-refractivity contribution in [2.75, 3.05) is 26.5 Å². The molecule has 2 aromatic rings. The zero-order chi connectivity index (χ0) is 17.4. The van der Waals surface area contributed by atoms with Gasteiger partial charge in [0.1, 0.15) is 11.6 Å². The summed E-state index contributed by atoms with van der Waals surface area (Å²) in [5.74, 6) is 0.618. The number of thioether (sulfide) groups is 1. The van der Waals surface area contributed by atoms with Crippen LogP contribution in [0.4, 0.5) is 4.39 Å². The number of methoxy groups -OCH3 is 2. The van der Waals surface area contributed by atoms with Gasteiger partial charge in [-0.1, -0.05) is 12.1 Å². The number of halogens is 1. The first-order chi connectivity index (χ1) is 11.6.